The molecule has 0 aromatic rings. The fraction of sp³-hybridized carbons (Fsp3) is 0.667. The molecule has 0 heterocycles. The van der Waals surface area contributed by atoms with E-state index >= 15 is 0 Å². The van der Waals surface area contributed by atoms with Gasteiger partial charge < -0.3 is 0 Å². The Kier molecular flexibility index (Phi) is 118. The Morgan fingerprint density at radius 1 is 0.700 bits per heavy atom. The van der Waals surface area contributed by atoms with E-state index in [9.17, 15) is 0 Å². The Labute approximate surface area is 84.7 Å². The molecule has 0 aliphatic rings. The minimum atomic E-state index is 0. The predicted octanol–water partition coefficient (Wildman–Crippen LogP) is 3.31. The van der Waals surface area contributed by atoms with E-state index < -0.39 is 0 Å². The van der Waals surface area contributed by atoms with Gasteiger partial charge >= 0.3 is 0 Å². The van der Waals surface area contributed by atoms with Crippen molar-refractivity contribution < 1.29 is 0 Å². The molecule has 0 atom stereocenters. The molecule has 0 saturated heterocycles. The molecule has 61 valence electrons. The zero-order valence-electron chi connectivity index (χ0n) is 7.74. The molecule has 0 aromatic heterocycles. The summed E-state index contributed by atoms with van der Waals surface area (Å²) in [5.41, 5.74) is 0. The molecular formula is C9H21Sn. The summed E-state index contributed by atoms with van der Waals surface area (Å²) in [4.78, 5) is 0. The van der Waals surface area contributed by atoms with E-state index in [-0.39, 0.29) is 23.9 Å². The first kappa shape index (κ1) is 22.4. The third-order valence-electron chi connectivity index (χ3n) is 0. The van der Waals surface area contributed by atoms with E-state index in [1.54, 1.807) is 0 Å². The zero-order valence-corrected chi connectivity index (χ0v) is 10.6. The molecule has 0 aromatic carbocycles. The van der Waals surface area contributed by atoms with Gasteiger partial charge in [-0.1, -0.05) is 60.8 Å². The molecule has 0 aliphatic carbocycles. The van der Waals surface area contributed by atoms with E-state index in [1.807, 2.05) is 20.8 Å². The molecule has 0 aliphatic heterocycles. The van der Waals surface area contributed by atoms with Crippen molar-refractivity contribution in [1.82, 2.24) is 0 Å². The first-order valence-corrected chi connectivity index (χ1v) is 3.62. The van der Waals surface area contributed by atoms with Crippen molar-refractivity contribution in [2.75, 3.05) is 0 Å². The third kappa shape index (κ3) is 839. The van der Waals surface area contributed by atoms with Gasteiger partial charge in [-0.05, 0) is 0 Å². The molecule has 0 spiro atoms. The van der Waals surface area contributed by atoms with Crippen LogP contribution < -0.4 is 0 Å². The van der Waals surface area contributed by atoms with Gasteiger partial charge in [-0.25, -0.2) is 0 Å². The summed E-state index contributed by atoms with van der Waals surface area (Å²) in [6.45, 7) is 16.5. The Morgan fingerprint density at radius 2 is 0.700 bits per heavy atom. The van der Waals surface area contributed by atoms with Crippen LogP contribution in [0.15, 0.2) is 0 Å². The molecule has 7 radical (unpaired) electrons. The van der Waals surface area contributed by atoms with Crippen LogP contribution in [-0.2, 0) is 0 Å². The Bertz CT molecular complexity index is 9.44. The van der Waals surface area contributed by atoms with Gasteiger partial charge in [0.1, 0.15) is 0 Å². The van der Waals surface area contributed by atoms with E-state index in [2.05, 4.69) is 20.8 Å². The second-order valence-electron chi connectivity index (χ2n) is 1.50. The van der Waals surface area contributed by atoms with Crippen LogP contribution >= 0.6 is 0 Å². The summed E-state index contributed by atoms with van der Waals surface area (Å²) in [5, 5.41) is 0. The fourth-order valence-corrected chi connectivity index (χ4v) is 0. The van der Waals surface area contributed by atoms with Gasteiger partial charge in [0.15, 0.2) is 0 Å². The van der Waals surface area contributed by atoms with Crippen LogP contribution in [0.1, 0.15) is 40.0 Å². The molecular weight excluding hydrogens is 227 g/mol. The van der Waals surface area contributed by atoms with Gasteiger partial charge in [0.25, 0.3) is 0 Å². The molecule has 0 nitrogen and oxygen atoms in total. The molecule has 1 heteroatoms. The SMILES string of the molecule is [CH2]CC.[CH2]CC.[CH2]CC.[Sn]. The van der Waals surface area contributed by atoms with Gasteiger partial charge in [0.05, 0.1) is 0 Å². The van der Waals surface area contributed by atoms with E-state index in [0.29, 0.717) is 0 Å². The normalized spacial score (nSPS) is 5.40. The quantitative estimate of drug-likeness (QED) is 0.577. The molecule has 0 fully saturated rings. The van der Waals surface area contributed by atoms with Crippen molar-refractivity contribution >= 4 is 23.9 Å². The smallest absolute Gasteiger partial charge is 0 e. The number of rotatable bonds is 0. The van der Waals surface area contributed by atoms with Crippen molar-refractivity contribution in [1.29, 1.82) is 0 Å². The van der Waals surface area contributed by atoms with Crippen LogP contribution in [0.5, 0.6) is 0 Å². The van der Waals surface area contributed by atoms with Crippen LogP contribution in [0.25, 0.3) is 0 Å². The standard InChI is InChI=1S/3C3H7.Sn/c3*1-3-2;/h3*1,3H2,2H3;. The van der Waals surface area contributed by atoms with Gasteiger partial charge in [0.2, 0.25) is 0 Å². The molecule has 10 heavy (non-hydrogen) atoms. The summed E-state index contributed by atoms with van der Waals surface area (Å²) >= 11 is 0. The third-order valence-corrected chi connectivity index (χ3v) is 0. The number of hydrogen-bond acceptors (Lipinski definition) is 0. The van der Waals surface area contributed by atoms with E-state index in [4.69, 9.17) is 0 Å². The van der Waals surface area contributed by atoms with E-state index in [1.165, 1.54) is 0 Å². The van der Waals surface area contributed by atoms with Gasteiger partial charge in [-0.2, -0.15) is 0 Å². The fourth-order valence-electron chi connectivity index (χ4n) is 0. The molecule has 0 N–H and O–H groups in total. The monoisotopic (exact) mass is 249 g/mol. The second kappa shape index (κ2) is 52.6. The van der Waals surface area contributed by atoms with Crippen LogP contribution in [0.3, 0.4) is 0 Å². The summed E-state index contributed by atoms with van der Waals surface area (Å²) in [5.74, 6) is 0. The predicted molar refractivity (Wildman–Crippen MR) is 52.7 cm³/mol. The average Bonchev–Trinajstić information content (AvgIpc) is 1.70. The first-order valence-electron chi connectivity index (χ1n) is 3.62. The van der Waals surface area contributed by atoms with Crippen molar-refractivity contribution in [3.05, 3.63) is 20.8 Å². The molecule has 0 saturated carbocycles. The summed E-state index contributed by atoms with van der Waals surface area (Å²) in [6.07, 6.45) is 3.00. The van der Waals surface area contributed by atoms with Crippen LogP contribution in [-0.4, -0.2) is 23.9 Å². The topological polar surface area (TPSA) is 0 Å². The van der Waals surface area contributed by atoms with Gasteiger partial charge in [0, 0.05) is 23.9 Å². The molecule has 0 unspecified atom stereocenters. The Morgan fingerprint density at radius 3 is 0.700 bits per heavy atom. The Hall–Kier alpha value is 0.799. The maximum atomic E-state index is 3.49. The summed E-state index contributed by atoms with van der Waals surface area (Å²) < 4.78 is 0. The molecule has 0 bridgehead atoms. The van der Waals surface area contributed by atoms with Crippen molar-refractivity contribution in [3.63, 3.8) is 0 Å². The van der Waals surface area contributed by atoms with Crippen LogP contribution in [0, 0.1) is 20.8 Å². The Balaban J connectivity index is -0.0000000257. The van der Waals surface area contributed by atoms with Crippen molar-refractivity contribution in [2.24, 2.45) is 0 Å². The molecule has 0 amide bonds. The van der Waals surface area contributed by atoms with Gasteiger partial charge in [-0.3, -0.25) is 0 Å². The molecule has 0 rings (SSSR count). The average molecular weight is 248 g/mol. The maximum Gasteiger partial charge on any atom is 0 e. The van der Waals surface area contributed by atoms with Crippen LogP contribution in [0.2, 0.25) is 0 Å². The summed E-state index contributed by atoms with van der Waals surface area (Å²) in [7, 11) is 0. The summed E-state index contributed by atoms with van der Waals surface area (Å²) in [6, 6.07) is 0. The largest absolute Gasteiger partial charge is 0.0654 e. The second-order valence-corrected chi connectivity index (χ2v) is 1.50. The minimum Gasteiger partial charge on any atom is -0.0654 e. The maximum absolute atomic E-state index is 3.49. The zero-order chi connectivity index (χ0) is 8.12. The van der Waals surface area contributed by atoms with Crippen LogP contribution in [0.4, 0.5) is 0 Å². The van der Waals surface area contributed by atoms with Crippen molar-refractivity contribution in [2.45, 2.75) is 40.0 Å². The van der Waals surface area contributed by atoms with Gasteiger partial charge in [-0.15, -0.1) is 0 Å². The van der Waals surface area contributed by atoms with Crippen molar-refractivity contribution in [3.8, 4) is 0 Å². The van der Waals surface area contributed by atoms with E-state index in [0.717, 1.165) is 19.3 Å². The number of hydrogen-bond donors (Lipinski definition) is 0. The first-order chi connectivity index (χ1) is 4.24. The minimum absolute atomic E-state index is 0.